The van der Waals surface area contributed by atoms with Crippen LogP contribution in [0.4, 0.5) is 5.69 Å². The Balaban J connectivity index is 1.65. The van der Waals surface area contributed by atoms with Crippen molar-refractivity contribution >= 4 is 34.2 Å². The van der Waals surface area contributed by atoms with Crippen molar-refractivity contribution < 1.29 is 14.3 Å². The van der Waals surface area contributed by atoms with Crippen LogP contribution < -0.4 is 10.1 Å². The topological polar surface area (TPSA) is 47.6 Å². The molecular formula is C19H20INO3. The van der Waals surface area contributed by atoms with Crippen LogP contribution in [0.1, 0.15) is 28.8 Å². The highest BCUT2D eigenvalue weighted by Crippen LogP contribution is 2.21. The standard InChI is InChI=1S/C19H20INO3/c1-13-10-15(20)7-8-18(13)21-19(22)14-4-2-5-16(11-14)24-12-17-6-3-9-23-17/h2,4-5,7-8,10-11,17H,3,6,9,12H2,1H3,(H,21,22). The van der Waals surface area contributed by atoms with Crippen molar-refractivity contribution in [2.24, 2.45) is 0 Å². The Morgan fingerprint density at radius 3 is 2.96 bits per heavy atom. The highest BCUT2D eigenvalue weighted by atomic mass is 127. The molecule has 1 saturated heterocycles. The van der Waals surface area contributed by atoms with E-state index in [1.165, 1.54) is 0 Å². The minimum Gasteiger partial charge on any atom is -0.491 e. The Hall–Kier alpha value is -1.60. The molecular weight excluding hydrogens is 417 g/mol. The maximum atomic E-state index is 12.5. The number of nitrogens with one attached hydrogen (secondary N) is 1. The quantitative estimate of drug-likeness (QED) is 0.706. The molecule has 1 heterocycles. The van der Waals surface area contributed by atoms with Crippen molar-refractivity contribution in [3.63, 3.8) is 0 Å². The smallest absolute Gasteiger partial charge is 0.255 e. The number of hydrogen-bond donors (Lipinski definition) is 1. The molecule has 1 aliphatic heterocycles. The van der Waals surface area contributed by atoms with Gasteiger partial charge in [0.15, 0.2) is 0 Å². The van der Waals surface area contributed by atoms with E-state index in [2.05, 4.69) is 27.9 Å². The van der Waals surface area contributed by atoms with Gasteiger partial charge < -0.3 is 14.8 Å². The van der Waals surface area contributed by atoms with E-state index in [0.717, 1.165) is 34.3 Å². The van der Waals surface area contributed by atoms with E-state index >= 15 is 0 Å². The molecule has 1 amide bonds. The number of rotatable bonds is 5. The number of carbonyl (C=O) groups excluding carboxylic acids is 1. The van der Waals surface area contributed by atoms with Crippen LogP contribution >= 0.6 is 22.6 Å². The zero-order valence-electron chi connectivity index (χ0n) is 13.5. The molecule has 1 unspecified atom stereocenters. The number of aryl methyl sites for hydroxylation is 1. The second-order valence-corrected chi connectivity index (χ2v) is 7.13. The van der Waals surface area contributed by atoms with Gasteiger partial charge in [0, 0.05) is 21.4 Å². The van der Waals surface area contributed by atoms with Gasteiger partial charge in [0.25, 0.3) is 5.91 Å². The van der Waals surface area contributed by atoms with Crippen LogP contribution in [0.2, 0.25) is 0 Å². The van der Waals surface area contributed by atoms with E-state index in [9.17, 15) is 4.79 Å². The summed E-state index contributed by atoms with van der Waals surface area (Å²) < 4.78 is 12.5. The second-order valence-electron chi connectivity index (χ2n) is 5.89. The SMILES string of the molecule is Cc1cc(I)ccc1NC(=O)c1cccc(OCC2CCCO2)c1. The highest BCUT2D eigenvalue weighted by molar-refractivity contribution is 14.1. The van der Waals surface area contributed by atoms with E-state index in [0.29, 0.717) is 17.9 Å². The molecule has 0 radical (unpaired) electrons. The fourth-order valence-electron chi connectivity index (χ4n) is 2.65. The fourth-order valence-corrected chi connectivity index (χ4v) is 3.30. The maximum Gasteiger partial charge on any atom is 0.255 e. The largest absolute Gasteiger partial charge is 0.491 e. The zero-order valence-corrected chi connectivity index (χ0v) is 15.7. The molecule has 5 heteroatoms. The van der Waals surface area contributed by atoms with Crippen molar-refractivity contribution in [1.29, 1.82) is 0 Å². The molecule has 1 atom stereocenters. The van der Waals surface area contributed by atoms with Crippen LogP contribution in [0.25, 0.3) is 0 Å². The van der Waals surface area contributed by atoms with Crippen LogP contribution in [0.5, 0.6) is 5.75 Å². The Morgan fingerprint density at radius 2 is 2.21 bits per heavy atom. The average molecular weight is 437 g/mol. The van der Waals surface area contributed by atoms with E-state index < -0.39 is 0 Å². The molecule has 1 N–H and O–H groups in total. The minimum atomic E-state index is -0.137. The van der Waals surface area contributed by atoms with Crippen molar-refractivity contribution in [2.45, 2.75) is 25.9 Å². The van der Waals surface area contributed by atoms with Crippen LogP contribution in [0.15, 0.2) is 42.5 Å². The number of amides is 1. The van der Waals surface area contributed by atoms with Gasteiger partial charge in [-0.2, -0.15) is 0 Å². The van der Waals surface area contributed by atoms with E-state index in [-0.39, 0.29) is 12.0 Å². The van der Waals surface area contributed by atoms with Crippen molar-refractivity contribution in [2.75, 3.05) is 18.5 Å². The minimum absolute atomic E-state index is 0.137. The molecule has 0 aromatic heterocycles. The van der Waals surface area contributed by atoms with Gasteiger partial charge >= 0.3 is 0 Å². The van der Waals surface area contributed by atoms with Gasteiger partial charge in [-0.05, 0) is 84.3 Å². The summed E-state index contributed by atoms with van der Waals surface area (Å²) in [5.74, 6) is 0.555. The number of anilines is 1. The molecule has 1 aliphatic rings. The summed E-state index contributed by atoms with van der Waals surface area (Å²) >= 11 is 2.26. The monoisotopic (exact) mass is 437 g/mol. The first kappa shape index (κ1) is 17.2. The molecule has 4 nitrogen and oxygen atoms in total. The van der Waals surface area contributed by atoms with Gasteiger partial charge in [-0.25, -0.2) is 0 Å². The third-order valence-electron chi connectivity index (χ3n) is 3.99. The Bertz CT molecular complexity index is 726. The lowest BCUT2D eigenvalue weighted by Gasteiger charge is -2.13. The summed E-state index contributed by atoms with van der Waals surface area (Å²) in [6, 6.07) is 13.2. The number of carbonyl (C=O) groups is 1. The number of halogens is 1. The Kier molecular flexibility index (Phi) is 5.73. The van der Waals surface area contributed by atoms with Crippen molar-refractivity contribution in [3.8, 4) is 5.75 Å². The molecule has 1 fully saturated rings. The van der Waals surface area contributed by atoms with Gasteiger partial charge in [0.1, 0.15) is 12.4 Å². The summed E-state index contributed by atoms with van der Waals surface area (Å²) in [5.41, 5.74) is 2.45. The molecule has 3 rings (SSSR count). The highest BCUT2D eigenvalue weighted by Gasteiger charge is 2.16. The number of benzene rings is 2. The maximum absolute atomic E-state index is 12.5. The summed E-state index contributed by atoms with van der Waals surface area (Å²) in [6.07, 6.45) is 2.29. The van der Waals surface area contributed by atoms with Gasteiger partial charge in [0.05, 0.1) is 6.10 Å². The number of hydrogen-bond acceptors (Lipinski definition) is 3. The molecule has 0 aliphatic carbocycles. The first-order valence-electron chi connectivity index (χ1n) is 8.04. The van der Waals surface area contributed by atoms with E-state index in [1.54, 1.807) is 12.1 Å². The molecule has 24 heavy (non-hydrogen) atoms. The van der Waals surface area contributed by atoms with E-state index in [1.807, 2.05) is 37.3 Å². The molecule has 2 aromatic rings. The van der Waals surface area contributed by atoms with Crippen LogP contribution in [0.3, 0.4) is 0 Å². The Labute approximate surface area is 155 Å². The third-order valence-corrected chi connectivity index (χ3v) is 4.66. The molecule has 0 bridgehead atoms. The van der Waals surface area contributed by atoms with E-state index in [4.69, 9.17) is 9.47 Å². The van der Waals surface area contributed by atoms with Gasteiger partial charge in [-0.15, -0.1) is 0 Å². The first-order valence-corrected chi connectivity index (χ1v) is 9.11. The van der Waals surface area contributed by atoms with Crippen molar-refractivity contribution in [3.05, 3.63) is 57.2 Å². The van der Waals surface area contributed by atoms with Crippen LogP contribution in [-0.2, 0) is 4.74 Å². The van der Waals surface area contributed by atoms with Crippen LogP contribution in [-0.4, -0.2) is 25.2 Å². The molecule has 2 aromatic carbocycles. The van der Waals surface area contributed by atoms with Crippen molar-refractivity contribution in [1.82, 2.24) is 0 Å². The summed E-state index contributed by atoms with van der Waals surface area (Å²) in [4.78, 5) is 12.5. The van der Waals surface area contributed by atoms with Gasteiger partial charge in [-0.1, -0.05) is 6.07 Å². The lowest BCUT2D eigenvalue weighted by atomic mass is 10.1. The second kappa shape index (κ2) is 7.98. The zero-order chi connectivity index (χ0) is 16.9. The molecule has 126 valence electrons. The average Bonchev–Trinajstić information content (AvgIpc) is 3.09. The van der Waals surface area contributed by atoms with Gasteiger partial charge in [-0.3, -0.25) is 4.79 Å². The van der Waals surface area contributed by atoms with Crippen LogP contribution in [0, 0.1) is 10.5 Å². The fraction of sp³-hybridized carbons (Fsp3) is 0.316. The Morgan fingerprint density at radius 1 is 1.33 bits per heavy atom. The predicted molar refractivity (Wildman–Crippen MR) is 103 cm³/mol. The summed E-state index contributed by atoms with van der Waals surface area (Å²) in [7, 11) is 0. The molecule has 0 spiro atoms. The molecule has 0 saturated carbocycles. The summed E-state index contributed by atoms with van der Waals surface area (Å²) in [5, 5.41) is 2.96. The lowest BCUT2D eigenvalue weighted by Crippen LogP contribution is -2.17. The summed E-state index contributed by atoms with van der Waals surface area (Å²) in [6.45, 7) is 3.33. The van der Waals surface area contributed by atoms with Gasteiger partial charge in [0.2, 0.25) is 0 Å². The third kappa shape index (κ3) is 4.48. The first-order chi connectivity index (χ1) is 11.6. The lowest BCUT2D eigenvalue weighted by molar-refractivity contribution is 0.0679. The predicted octanol–water partition coefficient (Wildman–Crippen LogP) is 4.41. The number of ether oxygens (including phenoxy) is 2. The normalized spacial score (nSPS) is 16.8.